The Hall–Kier alpha value is -2.58. The van der Waals surface area contributed by atoms with E-state index in [4.69, 9.17) is 0 Å². The molecule has 4 rings (SSSR count). The van der Waals surface area contributed by atoms with E-state index in [9.17, 15) is 22.0 Å². The van der Waals surface area contributed by atoms with Gasteiger partial charge in [0.25, 0.3) is 0 Å². The number of alkyl halides is 4. The summed E-state index contributed by atoms with van der Waals surface area (Å²) in [4.78, 5) is 3.81. The first-order valence-electron chi connectivity index (χ1n) is 8.42. The molecule has 0 amide bonds. The van der Waals surface area contributed by atoms with Crippen LogP contribution < -0.4 is 0 Å². The van der Waals surface area contributed by atoms with Gasteiger partial charge in [-0.2, -0.15) is 13.2 Å². The Morgan fingerprint density at radius 1 is 1.19 bits per heavy atom. The number of hydrogen-bond donors (Lipinski definition) is 0. The molecule has 4 nitrogen and oxygen atoms in total. The van der Waals surface area contributed by atoms with Gasteiger partial charge in [-0.05, 0) is 42.2 Å². The number of dihydropyridines is 1. The predicted molar refractivity (Wildman–Crippen MR) is 89.3 cm³/mol. The van der Waals surface area contributed by atoms with Crippen molar-refractivity contribution in [2.24, 2.45) is 4.99 Å². The molecule has 1 aromatic carbocycles. The van der Waals surface area contributed by atoms with Crippen molar-refractivity contribution >= 4 is 11.8 Å². The van der Waals surface area contributed by atoms with Crippen LogP contribution in [0.2, 0.25) is 0 Å². The summed E-state index contributed by atoms with van der Waals surface area (Å²) in [5, 5.41) is 7.97. The van der Waals surface area contributed by atoms with E-state index in [2.05, 4.69) is 15.2 Å². The van der Waals surface area contributed by atoms with E-state index in [1.807, 2.05) is 0 Å². The first-order valence-corrected chi connectivity index (χ1v) is 8.42. The molecule has 2 aromatic rings. The van der Waals surface area contributed by atoms with Crippen molar-refractivity contribution in [2.75, 3.05) is 6.54 Å². The van der Waals surface area contributed by atoms with Crippen LogP contribution in [-0.2, 0) is 12.8 Å². The van der Waals surface area contributed by atoms with E-state index in [-0.39, 0.29) is 17.7 Å². The summed E-state index contributed by atoms with van der Waals surface area (Å²) < 4.78 is 69.4. The van der Waals surface area contributed by atoms with Crippen molar-refractivity contribution in [3.05, 3.63) is 46.3 Å². The van der Waals surface area contributed by atoms with Gasteiger partial charge in [0.05, 0.1) is 18.7 Å². The van der Waals surface area contributed by atoms with Crippen molar-refractivity contribution < 1.29 is 22.0 Å². The van der Waals surface area contributed by atoms with Crippen molar-refractivity contribution in [3.8, 4) is 5.69 Å². The molecular weight excluding hydrogens is 367 g/mol. The summed E-state index contributed by atoms with van der Waals surface area (Å²) in [5.74, 6) is 0.545. The van der Waals surface area contributed by atoms with E-state index in [1.54, 1.807) is 17.6 Å². The average molecular weight is 382 g/mol. The molecule has 27 heavy (non-hydrogen) atoms. The van der Waals surface area contributed by atoms with Crippen LogP contribution >= 0.6 is 0 Å². The molecule has 0 saturated heterocycles. The van der Waals surface area contributed by atoms with E-state index < -0.39 is 30.2 Å². The number of nitrogens with zero attached hydrogens (tertiary/aromatic N) is 4. The Morgan fingerprint density at radius 3 is 2.70 bits per heavy atom. The molecule has 0 fully saturated rings. The van der Waals surface area contributed by atoms with E-state index in [0.29, 0.717) is 35.7 Å². The maximum Gasteiger partial charge on any atom is 0.392 e. The first kappa shape index (κ1) is 17.8. The smallest absolute Gasteiger partial charge is 0.289 e. The molecule has 0 N–H and O–H groups in total. The van der Waals surface area contributed by atoms with Gasteiger partial charge in [0.2, 0.25) is 0 Å². The molecule has 0 radical (unpaired) electrons. The first-order chi connectivity index (χ1) is 12.7. The standard InChI is InChI=1S/C18H15F5N4/c1-9-25-26-16-3-2-10-4-11(5-14(19)17(10)27(9)16)13-7-24-8-15(20)12(13)6-18(21,22)23/h4-5,7,15H,2-3,6,8H2,1H3. The lowest BCUT2D eigenvalue weighted by Crippen LogP contribution is -2.22. The molecule has 0 aliphatic carbocycles. The van der Waals surface area contributed by atoms with Crippen LogP contribution in [0.25, 0.3) is 11.3 Å². The highest BCUT2D eigenvalue weighted by Crippen LogP contribution is 2.36. The van der Waals surface area contributed by atoms with Crippen LogP contribution in [0.3, 0.4) is 0 Å². The van der Waals surface area contributed by atoms with E-state index >= 15 is 0 Å². The third-order valence-corrected chi connectivity index (χ3v) is 4.79. The van der Waals surface area contributed by atoms with Gasteiger partial charge in [-0.15, -0.1) is 10.2 Å². The molecule has 1 unspecified atom stereocenters. The summed E-state index contributed by atoms with van der Waals surface area (Å²) >= 11 is 0. The van der Waals surface area contributed by atoms with Crippen LogP contribution in [0, 0.1) is 12.7 Å². The minimum absolute atomic E-state index is 0.000880. The maximum absolute atomic E-state index is 14.9. The van der Waals surface area contributed by atoms with Crippen molar-refractivity contribution in [3.63, 3.8) is 0 Å². The monoisotopic (exact) mass is 382 g/mol. The number of hydrogen-bond acceptors (Lipinski definition) is 3. The second kappa shape index (κ2) is 6.24. The second-order valence-corrected chi connectivity index (χ2v) is 6.66. The molecule has 3 heterocycles. The van der Waals surface area contributed by atoms with Gasteiger partial charge < -0.3 is 0 Å². The third kappa shape index (κ3) is 3.15. The number of fused-ring (bicyclic) bond motifs is 3. The SMILES string of the molecule is Cc1nnc2n1-c1c(F)cc(C3=C(CC(F)(F)F)C(F)CN=C3)cc1CC2. The zero-order valence-electron chi connectivity index (χ0n) is 14.3. The van der Waals surface area contributed by atoms with Gasteiger partial charge in [-0.3, -0.25) is 9.56 Å². The molecule has 1 aromatic heterocycles. The summed E-state index contributed by atoms with van der Waals surface area (Å²) in [6.07, 6.45) is -5.57. The number of allylic oxidation sites excluding steroid dienone is 1. The quantitative estimate of drug-likeness (QED) is 0.739. The van der Waals surface area contributed by atoms with Gasteiger partial charge in [-0.1, -0.05) is 0 Å². The highest BCUT2D eigenvalue weighted by atomic mass is 19.4. The number of aryl methyl sites for hydroxylation is 3. The Labute approximate surface area is 151 Å². The van der Waals surface area contributed by atoms with Crippen molar-refractivity contribution in [2.45, 2.75) is 38.5 Å². The fourth-order valence-corrected chi connectivity index (χ4v) is 3.64. The lowest BCUT2D eigenvalue weighted by atomic mass is 9.90. The van der Waals surface area contributed by atoms with Gasteiger partial charge in [-0.25, -0.2) is 8.78 Å². The van der Waals surface area contributed by atoms with E-state index in [0.717, 1.165) is 6.07 Å². The second-order valence-electron chi connectivity index (χ2n) is 6.66. The van der Waals surface area contributed by atoms with Crippen molar-refractivity contribution in [1.29, 1.82) is 0 Å². The minimum Gasteiger partial charge on any atom is -0.289 e. The fourth-order valence-electron chi connectivity index (χ4n) is 3.64. The Bertz CT molecular complexity index is 971. The fraction of sp³-hybridized carbons (Fsp3) is 0.389. The topological polar surface area (TPSA) is 43.1 Å². The molecule has 9 heteroatoms. The molecule has 1 atom stereocenters. The van der Waals surface area contributed by atoms with Gasteiger partial charge in [0.1, 0.15) is 23.6 Å². The highest BCUT2D eigenvalue weighted by Gasteiger charge is 2.35. The van der Waals surface area contributed by atoms with E-state index in [1.165, 1.54) is 6.21 Å². The van der Waals surface area contributed by atoms with Crippen LogP contribution in [-0.4, -0.2) is 39.9 Å². The molecule has 2 aliphatic heterocycles. The number of aromatic nitrogens is 3. The van der Waals surface area contributed by atoms with Crippen LogP contribution in [0.1, 0.15) is 29.2 Å². The van der Waals surface area contributed by atoms with Gasteiger partial charge >= 0.3 is 6.18 Å². The number of rotatable bonds is 2. The predicted octanol–water partition coefficient (Wildman–Crippen LogP) is 3.94. The summed E-state index contributed by atoms with van der Waals surface area (Å²) in [6, 6.07) is 2.74. The van der Waals surface area contributed by atoms with Crippen LogP contribution in [0.4, 0.5) is 22.0 Å². The summed E-state index contributed by atoms with van der Waals surface area (Å²) in [7, 11) is 0. The van der Waals surface area contributed by atoms with Crippen molar-refractivity contribution in [1.82, 2.24) is 14.8 Å². The minimum atomic E-state index is -4.56. The largest absolute Gasteiger partial charge is 0.392 e. The summed E-state index contributed by atoms with van der Waals surface area (Å²) in [5.41, 5.74) is 0.706. The molecule has 0 bridgehead atoms. The summed E-state index contributed by atoms with van der Waals surface area (Å²) in [6.45, 7) is 1.34. The van der Waals surface area contributed by atoms with Crippen LogP contribution in [0.5, 0.6) is 0 Å². The lowest BCUT2D eigenvalue weighted by Gasteiger charge is -2.24. The normalized spacial score (nSPS) is 19.3. The molecule has 0 spiro atoms. The number of benzene rings is 1. The molecule has 2 aliphatic rings. The number of aliphatic imine (C=N–C) groups is 1. The zero-order valence-corrected chi connectivity index (χ0v) is 14.3. The maximum atomic E-state index is 14.9. The van der Waals surface area contributed by atoms with Gasteiger partial charge in [0.15, 0.2) is 0 Å². The lowest BCUT2D eigenvalue weighted by molar-refractivity contribution is -0.128. The Kier molecular flexibility index (Phi) is 4.12. The zero-order chi connectivity index (χ0) is 19.3. The number of halogens is 5. The molecule has 142 valence electrons. The van der Waals surface area contributed by atoms with Gasteiger partial charge in [0, 0.05) is 18.2 Å². The molecular formula is C18H15F5N4. The van der Waals surface area contributed by atoms with Crippen LogP contribution in [0.15, 0.2) is 22.7 Å². The Morgan fingerprint density at radius 2 is 1.96 bits per heavy atom. The molecule has 0 saturated carbocycles. The highest BCUT2D eigenvalue weighted by molar-refractivity contribution is 6.12. The average Bonchev–Trinajstić information content (AvgIpc) is 2.96. The third-order valence-electron chi connectivity index (χ3n) is 4.79. The Balaban J connectivity index is 1.86.